The molecular formula is C24H26N2O4. The van der Waals surface area contributed by atoms with Crippen molar-refractivity contribution in [3.8, 4) is 11.4 Å². The Bertz CT molecular complexity index is 1030. The molecule has 1 atom stereocenters. The highest BCUT2D eigenvalue weighted by Gasteiger charge is 2.26. The highest BCUT2D eigenvalue weighted by atomic mass is 16.5. The molecule has 0 fully saturated rings. The molecule has 156 valence electrons. The van der Waals surface area contributed by atoms with Crippen molar-refractivity contribution >= 4 is 11.8 Å². The lowest BCUT2D eigenvalue weighted by Gasteiger charge is -2.19. The summed E-state index contributed by atoms with van der Waals surface area (Å²) in [6.07, 6.45) is 0.647. The van der Waals surface area contributed by atoms with Gasteiger partial charge in [-0.15, -0.1) is 0 Å². The standard InChI is InChI=1S/C24H26N2O4/c1-16(22(27)17-11-13-18(14-12-17)24(2,3)4)30-23(28)21-20(29-5)15-26(25-21)19-9-7-6-8-10-19/h6-16H,1-5H3/t16-/m0/s1. The summed E-state index contributed by atoms with van der Waals surface area (Å²) in [4.78, 5) is 25.4. The van der Waals surface area contributed by atoms with E-state index in [0.717, 1.165) is 11.3 Å². The number of carbonyl (C=O) groups excluding carboxylic acids is 2. The second-order valence-corrected chi connectivity index (χ2v) is 8.07. The normalized spacial score (nSPS) is 12.3. The van der Waals surface area contributed by atoms with Crippen molar-refractivity contribution < 1.29 is 19.1 Å². The largest absolute Gasteiger partial charge is 0.493 e. The number of carbonyl (C=O) groups is 2. The number of hydrogen-bond acceptors (Lipinski definition) is 5. The zero-order chi connectivity index (χ0) is 21.9. The Morgan fingerprint density at radius 3 is 2.20 bits per heavy atom. The zero-order valence-electron chi connectivity index (χ0n) is 17.9. The van der Waals surface area contributed by atoms with Crippen LogP contribution in [0.25, 0.3) is 5.69 Å². The summed E-state index contributed by atoms with van der Waals surface area (Å²) in [7, 11) is 1.45. The minimum Gasteiger partial charge on any atom is -0.493 e. The van der Waals surface area contributed by atoms with Crippen molar-refractivity contribution in [2.24, 2.45) is 0 Å². The third-order valence-electron chi connectivity index (χ3n) is 4.80. The van der Waals surface area contributed by atoms with Gasteiger partial charge in [-0.1, -0.05) is 63.2 Å². The molecule has 6 nitrogen and oxygen atoms in total. The molecule has 0 bridgehead atoms. The van der Waals surface area contributed by atoms with Crippen molar-refractivity contribution in [1.29, 1.82) is 0 Å². The van der Waals surface area contributed by atoms with E-state index in [1.807, 2.05) is 42.5 Å². The maximum Gasteiger partial charge on any atom is 0.363 e. The summed E-state index contributed by atoms with van der Waals surface area (Å²) >= 11 is 0. The Balaban J connectivity index is 1.75. The Kier molecular flexibility index (Phi) is 6.06. The van der Waals surface area contributed by atoms with Gasteiger partial charge in [0.2, 0.25) is 11.5 Å². The molecule has 0 spiro atoms. The summed E-state index contributed by atoms with van der Waals surface area (Å²) in [5, 5.41) is 4.28. The van der Waals surface area contributed by atoms with Gasteiger partial charge in [-0.3, -0.25) is 4.79 Å². The summed E-state index contributed by atoms with van der Waals surface area (Å²) in [5.74, 6) is -0.711. The van der Waals surface area contributed by atoms with Crippen molar-refractivity contribution in [2.75, 3.05) is 7.11 Å². The first-order valence-electron chi connectivity index (χ1n) is 9.75. The third-order valence-corrected chi connectivity index (χ3v) is 4.80. The third kappa shape index (κ3) is 4.59. The predicted octanol–water partition coefficient (Wildman–Crippen LogP) is 4.61. The van der Waals surface area contributed by atoms with Gasteiger partial charge in [0.1, 0.15) is 0 Å². The van der Waals surface area contributed by atoms with E-state index in [0.29, 0.717) is 5.56 Å². The molecule has 0 saturated carbocycles. The SMILES string of the molecule is COc1cn(-c2ccccc2)nc1C(=O)O[C@@H](C)C(=O)c1ccc(C(C)(C)C)cc1. The van der Waals surface area contributed by atoms with Gasteiger partial charge in [0.25, 0.3) is 0 Å². The average Bonchev–Trinajstić information content (AvgIpc) is 3.18. The summed E-state index contributed by atoms with van der Waals surface area (Å²) in [5.41, 5.74) is 2.40. The van der Waals surface area contributed by atoms with E-state index in [1.165, 1.54) is 11.8 Å². The van der Waals surface area contributed by atoms with Crippen LogP contribution in [0.4, 0.5) is 0 Å². The Morgan fingerprint density at radius 2 is 1.63 bits per heavy atom. The average molecular weight is 406 g/mol. The molecule has 0 amide bonds. The molecule has 0 aliphatic heterocycles. The molecule has 0 unspecified atom stereocenters. The van der Waals surface area contributed by atoms with E-state index in [9.17, 15) is 9.59 Å². The maximum atomic E-state index is 12.7. The second-order valence-electron chi connectivity index (χ2n) is 8.07. The van der Waals surface area contributed by atoms with E-state index in [4.69, 9.17) is 9.47 Å². The number of ether oxygens (including phenoxy) is 2. The summed E-state index contributed by atoms with van der Waals surface area (Å²) < 4.78 is 12.2. The van der Waals surface area contributed by atoms with Gasteiger partial charge < -0.3 is 9.47 Å². The molecule has 0 radical (unpaired) electrons. The molecule has 1 heterocycles. The van der Waals surface area contributed by atoms with Crippen LogP contribution in [-0.4, -0.2) is 34.7 Å². The van der Waals surface area contributed by atoms with Gasteiger partial charge in [-0.25, -0.2) is 9.48 Å². The van der Waals surface area contributed by atoms with Crippen molar-refractivity contribution in [2.45, 2.75) is 39.2 Å². The molecule has 1 aromatic heterocycles. The zero-order valence-corrected chi connectivity index (χ0v) is 17.9. The maximum absolute atomic E-state index is 12.7. The number of para-hydroxylation sites is 1. The molecule has 3 rings (SSSR count). The number of benzene rings is 2. The monoisotopic (exact) mass is 406 g/mol. The molecule has 0 aliphatic rings. The van der Waals surface area contributed by atoms with Gasteiger partial charge >= 0.3 is 5.97 Å². The van der Waals surface area contributed by atoms with Crippen LogP contribution < -0.4 is 4.74 Å². The minimum atomic E-state index is -0.954. The highest BCUT2D eigenvalue weighted by Crippen LogP contribution is 2.24. The van der Waals surface area contributed by atoms with Crippen LogP contribution in [0.15, 0.2) is 60.8 Å². The molecule has 30 heavy (non-hydrogen) atoms. The van der Waals surface area contributed by atoms with Crippen LogP contribution in [0, 0.1) is 0 Å². The van der Waals surface area contributed by atoms with Crippen molar-refractivity contribution in [3.63, 3.8) is 0 Å². The summed E-state index contributed by atoms with van der Waals surface area (Å²) in [6, 6.07) is 16.7. The van der Waals surface area contributed by atoms with E-state index in [1.54, 1.807) is 25.3 Å². The fourth-order valence-electron chi connectivity index (χ4n) is 3.00. The lowest BCUT2D eigenvalue weighted by molar-refractivity contribution is 0.0309. The molecule has 0 aliphatic carbocycles. The Hall–Kier alpha value is -3.41. The summed E-state index contributed by atoms with van der Waals surface area (Å²) in [6.45, 7) is 7.88. The fourth-order valence-corrected chi connectivity index (χ4v) is 3.00. The number of methoxy groups -OCH3 is 1. The topological polar surface area (TPSA) is 70.4 Å². The van der Waals surface area contributed by atoms with E-state index < -0.39 is 12.1 Å². The van der Waals surface area contributed by atoms with E-state index in [2.05, 4.69) is 25.9 Å². The Labute approximate surface area is 176 Å². The predicted molar refractivity (Wildman–Crippen MR) is 114 cm³/mol. The second kappa shape index (κ2) is 8.53. The minimum absolute atomic E-state index is 0.00616. The molecule has 3 aromatic rings. The molecule has 0 saturated heterocycles. The van der Waals surface area contributed by atoms with Crippen LogP contribution in [0.5, 0.6) is 5.75 Å². The number of rotatable bonds is 6. The van der Waals surface area contributed by atoms with Gasteiger partial charge in [0, 0.05) is 5.56 Å². The lowest BCUT2D eigenvalue weighted by Crippen LogP contribution is -2.25. The smallest absolute Gasteiger partial charge is 0.363 e. The van der Waals surface area contributed by atoms with Gasteiger partial charge in [-0.2, -0.15) is 5.10 Å². The van der Waals surface area contributed by atoms with E-state index in [-0.39, 0.29) is 22.6 Å². The molecule has 0 N–H and O–H groups in total. The van der Waals surface area contributed by atoms with E-state index >= 15 is 0 Å². The first-order chi connectivity index (χ1) is 14.2. The van der Waals surface area contributed by atoms with Crippen molar-refractivity contribution in [1.82, 2.24) is 9.78 Å². The number of Topliss-reactive ketones (excluding diaryl/α,β-unsaturated/α-hetero) is 1. The van der Waals surface area contributed by atoms with Gasteiger partial charge in [0.05, 0.1) is 19.0 Å². The number of hydrogen-bond donors (Lipinski definition) is 0. The Morgan fingerprint density at radius 1 is 1.00 bits per heavy atom. The van der Waals surface area contributed by atoms with Crippen LogP contribution in [-0.2, 0) is 10.2 Å². The fraction of sp³-hybridized carbons (Fsp3) is 0.292. The number of ketones is 1. The first kappa shape index (κ1) is 21.3. The van der Waals surface area contributed by atoms with Crippen LogP contribution >= 0.6 is 0 Å². The quantitative estimate of drug-likeness (QED) is 0.442. The number of nitrogens with zero attached hydrogens (tertiary/aromatic N) is 2. The molecule has 2 aromatic carbocycles. The number of esters is 1. The van der Waals surface area contributed by atoms with Crippen LogP contribution in [0.1, 0.15) is 54.1 Å². The van der Waals surface area contributed by atoms with Crippen LogP contribution in [0.3, 0.4) is 0 Å². The highest BCUT2D eigenvalue weighted by molar-refractivity contribution is 6.01. The van der Waals surface area contributed by atoms with Crippen molar-refractivity contribution in [3.05, 3.63) is 77.6 Å². The first-order valence-corrected chi connectivity index (χ1v) is 9.75. The molecular weight excluding hydrogens is 380 g/mol. The van der Waals surface area contributed by atoms with Gasteiger partial charge in [-0.05, 0) is 30.0 Å². The van der Waals surface area contributed by atoms with Gasteiger partial charge in [0.15, 0.2) is 11.9 Å². The number of aromatic nitrogens is 2. The lowest BCUT2D eigenvalue weighted by atomic mass is 9.86. The van der Waals surface area contributed by atoms with Crippen LogP contribution in [0.2, 0.25) is 0 Å². The molecule has 6 heteroatoms.